The molecule has 1 aliphatic heterocycles. The number of nitro benzene ring substituents is 1. The average Bonchev–Trinajstić information content (AvgIpc) is 3.07. The van der Waals surface area contributed by atoms with Crippen molar-refractivity contribution in [2.75, 3.05) is 0 Å². The van der Waals surface area contributed by atoms with Crippen molar-refractivity contribution in [2.45, 2.75) is 13.2 Å². The Morgan fingerprint density at radius 3 is 2.53 bits per heavy atom. The molecule has 1 fully saturated rings. The lowest BCUT2D eigenvalue weighted by atomic mass is 10.1. The molecule has 0 bridgehead atoms. The summed E-state index contributed by atoms with van der Waals surface area (Å²) < 4.78 is 19.4. The van der Waals surface area contributed by atoms with Gasteiger partial charge < -0.3 is 4.74 Å². The van der Waals surface area contributed by atoms with E-state index in [0.717, 1.165) is 22.2 Å². The second kappa shape index (κ2) is 10.2. The molecule has 0 N–H and O–H groups in total. The predicted molar refractivity (Wildman–Crippen MR) is 129 cm³/mol. The number of nitrogens with zero attached hydrogens (tertiary/aromatic N) is 2. The van der Waals surface area contributed by atoms with E-state index in [4.69, 9.17) is 4.74 Å². The number of carbonyl (C=O) groups excluding carboxylic acids is 2. The number of carbonyl (C=O) groups is 2. The lowest BCUT2D eigenvalue weighted by Gasteiger charge is -2.12. The van der Waals surface area contributed by atoms with Crippen LogP contribution in [0.1, 0.15) is 16.7 Å². The van der Waals surface area contributed by atoms with Crippen molar-refractivity contribution in [3.63, 3.8) is 0 Å². The van der Waals surface area contributed by atoms with Crippen LogP contribution in [0, 0.1) is 15.9 Å². The predicted octanol–water partition coefficient (Wildman–Crippen LogP) is 6.31. The number of benzene rings is 3. The van der Waals surface area contributed by atoms with Crippen molar-refractivity contribution in [1.29, 1.82) is 0 Å². The van der Waals surface area contributed by atoms with E-state index in [9.17, 15) is 24.1 Å². The van der Waals surface area contributed by atoms with Gasteiger partial charge in [-0.2, -0.15) is 0 Å². The summed E-state index contributed by atoms with van der Waals surface area (Å²) in [6, 6.07) is 17.2. The van der Waals surface area contributed by atoms with Crippen molar-refractivity contribution in [3.8, 4) is 5.75 Å². The number of para-hydroxylation sites is 1. The van der Waals surface area contributed by atoms with E-state index < -0.39 is 16.1 Å². The van der Waals surface area contributed by atoms with Crippen molar-refractivity contribution in [3.05, 3.63) is 109 Å². The SMILES string of the molecule is O=C1SC(=Cc2ccc(OCc3ccc(F)cc3)c(Br)c2)C(=O)N1Cc1ccccc1[N+](=O)[O-]. The lowest BCUT2D eigenvalue weighted by molar-refractivity contribution is -0.385. The van der Waals surface area contributed by atoms with Gasteiger partial charge in [0, 0.05) is 11.6 Å². The van der Waals surface area contributed by atoms with E-state index in [0.29, 0.717) is 15.8 Å². The molecule has 3 aromatic carbocycles. The monoisotopic (exact) mass is 542 g/mol. The Bertz CT molecular complexity index is 1310. The summed E-state index contributed by atoms with van der Waals surface area (Å²) in [4.78, 5) is 37.2. The smallest absolute Gasteiger partial charge is 0.293 e. The minimum Gasteiger partial charge on any atom is -0.488 e. The van der Waals surface area contributed by atoms with Crippen LogP contribution in [-0.4, -0.2) is 21.0 Å². The van der Waals surface area contributed by atoms with Crippen LogP contribution in [-0.2, 0) is 17.9 Å². The summed E-state index contributed by atoms with van der Waals surface area (Å²) in [7, 11) is 0. The van der Waals surface area contributed by atoms with Crippen LogP contribution in [0.5, 0.6) is 5.75 Å². The minimum atomic E-state index is -0.540. The maximum atomic E-state index is 13.0. The molecule has 3 aromatic rings. The topological polar surface area (TPSA) is 89.8 Å². The largest absolute Gasteiger partial charge is 0.488 e. The summed E-state index contributed by atoms with van der Waals surface area (Å²) >= 11 is 4.22. The number of hydrogen-bond donors (Lipinski definition) is 0. The van der Waals surface area contributed by atoms with Gasteiger partial charge in [-0.3, -0.25) is 24.6 Å². The zero-order chi connectivity index (χ0) is 24.2. The molecule has 0 radical (unpaired) electrons. The summed E-state index contributed by atoms with van der Waals surface area (Å²) in [5.41, 5.74) is 1.61. The zero-order valence-corrected chi connectivity index (χ0v) is 19.8. The maximum Gasteiger partial charge on any atom is 0.293 e. The third kappa shape index (κ3) is 5.35. The van der Waals surface area contributed by atoms with Crippen LogP contribution >= 0.6 is 27.7 Å². The van der Waals surface area contributed by atoms with Crippen LogP contribution in [0.2, 0.25) is 0 Å². The Morgan fingerprint density at radius 1 is 1.09 bits per heavy atom. The second-order valence-corrected chi connectivity index (χ2v) is 9.11. The molecule has 4 rings (SSSR count). The van der Waals surface area contributed by atoms with Crippen LogP contribution < -0.4 is 4.74 Å². The summed E-state index contributed by atoms with van der Waals surface area (Å²) in [6.07, 6.45) is 1.58. The van der Waals surface area contributed by atoms with E-state index in [2.05, 4.69) is 15.9 Å². The highest BCUT2D eigenvalue weighted by Gasteiger charge is 2.36. The van der Waals surface area contributed by atoms with Gasteiger partial charge in [-0.15, -0.1) is 0 Å². The molecule has 7 nitrogen and oxygen atoms in total. The van der Waals surface area contributed by atoms with Gasteiger partial charge in [0.15, 0.2) is 0 Å². The molecule has 1 saturated heterocycles. The third-order valence-electron chi connectivity index (χ3n) is 4.95. The molecule has 2 amide bonds. The van der Waals surface area contributed by atoms with Gasteiger partial charge in [0.2, 0.25) is 0 Å². The van der Waals surface area contributed by atoms with Crippen LogP contribution in [0.25, 0.3) is 6.08 Å². The number of nitro groups is 1. The molecule has 0 unspecified atom stereocenters. The van der Waals surface area contributed by atoms with Crippen molar-refractivity contribution < 1.29 is 23.6 Å². The van der Waals surface area contributed by atoms with Crippen molar-refractivity contribution >= 4 is 50.6 Å². The molecule has 0 aliphatic carbocycles. The van der Waals surface area contributed by atoms with Crippen LogP contribution in [0.15, 0.2) is 76.1 Å². The average molecular weight is 543 g/mol. The van der Waals surface area contributed by atoms with Gasteiger partial charge in [0.25, 0.3) is 16.8 Å². The van der Waals surface area contributed by atoms with Crippen molar-refractivity contribution in [1.82, 2.24) is 4.90 Å². The van der Waals surface area contributed by atoms with Crippen molar-refractivity contribution in [2.24, 2.45) is 0 Å². The Balaban J connectivity index is 1.47. The zero-order valence-electron chi connectivity index (χ0n) is 17.4. The molecule has 1 heterocycles. The quantitative estimate of drug-likeness (QED) is 0.197. The molecule has 0 atom stereocenters. The van der Waals surface area contributed by atoms with Crippen LogP contribution in [0.4, 0.5) is 14.9 Å². The Hall–Kier alpha value is -3.50. The molecule has 0 saturated carbocycles. The molecule has 10 heteroatoms. The standard InChI is InChI=1S/C24H16BrFN2O5S/c25-19-11-16(7-10-21(19)33-14-15-5-8-18(26)9-6-15)12-22-23(29)27(24(30)34-22)13-17-3-1-2-4-20(17)28(31)32/h1-12H,13-14H2. The molecular weight excluding hydrogens is 527 g/mol. The minimum absolute atomic E-state index is 0.148. The molecule has 0 spiro atoms. The summed E-state index contributed by atoms with van der Waals surface area (Å²) in [5, 5.41) is 10.7. The van der Waals surface area contributed by atoms with E-state index in [1.807, 2.05) is 0 Å². The number of ether oxygens (including phenoxy) is 1. The third-order valence-corrected chi connectivity index (χ3v) is 6.48. The van der Waals surface area contributed by atoms with E-state index >= 15 is 0 Å². The van der Waals surface area contributed by atoms with E-state index in [1.54, 1.807) is 42.5 Å². The number of halogens is 2. The first-order valence-corrected chi connectivity index (χ1v) is 11.6. The highest BCUT2D eigenvalue weighted by Crippen LogP contribution is 2.35. The Labute approximate surface area is 206 Å². The number of thioether (sulfide) groups is 1. The van der Waals surface area contributed by atoms with Crippen LogP contribution in [0.3, 0.4) is 0 Å². The molecule has 0 aromatic heterocycles. The van der Waals surface area contributed by atoms with E-state index in [-0.39, 0.29) is 35.1 Å². The maximum absolute atomic E-state index is 13.0. The fraction of sp³-hybridized carbons (Fsp3) is 0.0833. The Kier molecular flexibility index (Phi) is 7.09. The fourth-order valence-corrected chi connectivity index (χ4v) is 4.60. The summed E-state index contributed by atoms with van der Waals surface area (Å²) in [5.74, 6) is -0.271. The van der Waals surface area contributed by atoms with Gasteiger partial charge in [0.05, 0.1) is 20.8 Å². The normalized spacial score (nSPS) is 14.6. The van der Waals surface area contributed by atoms with Gasteiger partial charge in [-0.1, -0.05) is 36.4 Å². The Morgan fingerprint density at radius 2 is 1.82 bits per heavy atom. The first kappa shape index (κ1) is 23.7. The van der Waals surface area contributed by atoms with Gasteiger partial charge >= 0.3 is 0 Å². The molecule has 172 valence electrons. The van der Waals surface area contributed by atoms with Gasteiger partial charge in [-0.25, -0.2) is 4.39 Å². The number of hydrogen-bond acceptors (Lipinski definition) is 6. The second-order valence-electron chi connectivity index (χ2n) is 7.26. The van der Waals surface area contributed by atoms with Gasteiger partial charge in [-0.05, 0) is 69.2 Å². The highest BCUT2D eigenvalue weighted by molar-refractivity contribution is 9.10. The fourth-order valence-electron chi connectivity index (χ4n) is 3.25. The molecule has 34 heavy (non-hydrogen) atoms. The first-order valence-electron chi connectivity index (χ1n) is 9.96. The summed E-state index contributed by atoms with van der Waals surface area (Å²) in [6.45, 7) is 0.0712. The molecule has 1 aliphatic rings. The highest BCUT2D eigenvalue weighted by atomic mass is 79.9. The number of rotatable bonds is 7. The van der Waals surface area contributed by atoms with Gasteiger partial charge in [0.1, 0.15) is 18.2 Å². The number of amides is 2. The lowest BCUT2D eigenvalue weighted by Crippen LogP contribution is -2.27. The first-order chi connectivity index (χ1) is 16.3. The molecular formula is C24H16BrFN2O5S. The number of imide groups is 1. The van der Waals surface area contributed by atoms with E-state index in [1.165, 1.54) is 30.3 Å².